The minimum atomic E-state index is -1.03. The second-order valence-corrected chi connectivity index (χ2v) is 3.91. The Hall–Kier alpha value is -2.63. The van der Waals surface area contributed by atoms with Gasteiger partial charge >= 0.3 is 5.97 Å². The first kappa shape index (κ1) is 12.8. The molecule has 0 aliphatic rings. The van der Waals surface area contributed by atoms with Crippen LogP contribution in [-0.4, -0.2) is 22.0 Å². The first-order valence-electron chi connectivity index (χ1n) is 5.58. The molecule has 0 saturated heterocycles. The first-order chi connectivity index (χ1) is 9.08. The van der Waals surface area contributed by atoms with Gasteiger partial charge < -0.3 is 14.8 Å². The highest BCUT2D eigenvalue weighted by molar-refractivity contribution is 5.95. The number of amides is 1. The summed E-state index contributed by atoms with van der Waals surface area (Å²) in [4.78, 5) is 26.6. The summed E-state index contributed by atoms with van der Waals surface area (Å²) in [5, 5.41) is 11.5. The smallest absolute Gasteiger partial charge is 0.335 e. The minimum Gasteiger partial charge on any atom is -0.478 e. The average Bonchev–Trinajstić information content (AvgIpc) is 2.82. The number of carboxylic acid groups (broad SMARTS) is 1. The highest BCUT2D eigenvalue weighted by atomic mass is 16.4. The van der Waals surface area contributed by atoms with Crippen molar-refractivity contribution in [1.82, 2.24) is 10.3 Å². The molecule has 2 N–H and O–H groups in total. The third kappa shape index (κ3) is 2.98. The van der Waals surface area contributed by atoms with E-state index in [1.54, 1.807) is 13.0 Å². The molecular formula is C13H12N2O4. The first-order valence-corrected chi connectivity index (χ1v) is 5.58. The predicted octanol–water partition coefficient (Wildman–Crippen LogP) is 1.61. The summed E-state index contributed by atoms with van der Waals surface area (Å²) >= 11 is 0. The van der Waals surface area contributed by atoms with Crippen LogP contribution in [0.2, 0.25) is 0 Å². The summed E-state index contributed by atoms with van der Waals surface area (Å²) in [6, 6.07) is 4.39. The number of carbonyl (C=O) groups excluding carboxylic acids is 1. The Morgan fingerprint density at radius 3 is 2.84 bits per heavy atom. The lowest BCUT2D eigenvalue weighted by molar-refractivity contribution is 0.0696. The van der Waals surface area contributed by atoms with E-state index in [4.69, 9.17) is 9.52 Å². The molecular weight excluding hydrogens is 248 g/mol. The van der Waals surface area contributed by atoms with E-state index in [0.29, 0.717) is 17.0 Å². The Balaban J connectivity index is 2.03. The maximum atomic E-state index is 11.8. The number of hydrogen-bond acceptors (Lipinski definition) is 4. The molecule has 1 amide bonds. The number of carboxylic acids is 1. The van der Waals surface area contributed by atoms with E-state index in [2.05, 4.69) is 10.3 Å². The number of furan rings is 1. The molecule has 0 radical (unpaired) electrons. The van der Waals surface area contributed by atoms with Crippen LogP contribution in [0.1, 0.15) is 32.2 Å². The van der Waals surface area contributed by atoms with Gasteiger partial charge in [-0.1, -0.05) is 0 Å². The van der Waals surface area contributed by atoms with Crippen molar-refractivity contribution >= 4 is 11.9 Å². The Bertz CT molecular complexity index is 619. The summed E-state index contributed by atoms with van der Waals surface area (Å²) in [6.07, 6.45) is 2.83. The molecule has 0 aliphatic carbocycles. The van der Waals surface area contributed by atoms with Gasteiger partial charge in [-0.2, -0.15) is 0 Å². The SMILES string of the molecule is Cc1occc1C(=O)NCc1cc(C(=O)O)ccn1. The van der Waals surface area contributed by atoms with Crippen LogP contribution in [0.3, 0.4) is 0 Å². The van der Waals surface area contributed by atoms with Crippen LogP contribution in [0.15, 0.2) is 35.1 Å². The van der Waals surface area contributed by atoms with Crippen LogP contribution >= 0.6 is 0 Å². The Morgan fingerprint density at radius 1 is 1.42 bits per heavy atom. The number of nitrogens with one attached hydrogen (secondary N) is 1. The number of hydrogen-bond donors (Lipinski definition) is 2. The predicted molar refractivity (Wildman–Crippen MR) is 65.8 cm³/mol. The summed E-state index contributed by atoms with van der Waals surface area (Å²) in [5.41, 5.74) is 1.07. The summed E-state index contributed by atoms with van der Waals surface area (Å²) in [5.74, 6) is -0.779. The number of carbonyl (C=O) groups is 2. The molecule has 2 aromatic heterocycles. The molecule has 0 unspecified atom stereocenters. The van der Waals surface area contributed by atoms with Crippen molar-refractivity contribution in [2.24, 2.45) is 0 Å². The average molecular weight is 260 g/mol. The van der Waals surface area contributed by atoms with Gasteiger partial charge in [0.05, 0.1) is 29.6 Å². The maximum Gasteiger partial charge on any atom is 0.335 e. The van der Waals surface area contributed by atoms with Crippen LogP contribution < -0.4 is 5.32 Å². The zero-order valence-electron chi connectivity index (χ0n) is 10.2. The van der Waals surface area contributed by atoms with Gasteiger partial charge in [0.25, 0.3) is 5.91 Å². The van der Waals surface area contributed by atoms with Gasteiger partial charge in [0.1, 0.15) is 5.76 Å². The molecule has 98 valence electrons. The van der Waals surface area contributed by atoms with Crippen molar-refractivity contribution in [3.05, 3.63) is 53.2 Å². The third-order valence-corrected chi connectivity index (χ3v) is 2.60. The highest BCUT2D eigenvalue weighted by Crippen LogP contribution is 2.08. The van der Waals surface area contributed by atoms with Gasteiger partial charge in [0.2, 0.25) is 0 Å². The van der Waals surface area contributed by atoms with E-state index < -0.39 is 5.97 Å². The highest BCUT2D eigenvalue weighted by Gasteiger charge is 2.11. The molecule has 0 bridgehead atoms. The van der Waals surface area contributed by atoms with Crippen molar-refractivity contribution in [2.45, 2.75) is 13.5 Å². The van der Waals surface area contributed by atoms with Crippen LogP contribution in [0.25, 0.3) is 0 Å². The largest absolute Gasteiger partial charge is 0.478 e. The molecule has 0 atom stereocenters. The lowest BCUT2D eigenvalue weighted by Crippen LogP contribution is -2.23. The fourth-order valence-electron chi connectivity index (χ4n) is 1.59. The Labute approximate surface area is 109 Å². The summed E-state index contributed by atoms with van der Waals surface area (Å²) in [7, 11) is 0. The van der Waals surface area contributed by atoms with Gasteiger partial charge in [0, 0.05) is 6.20 Å². The standard InChI is InChI=1S/C13H12N2O4/c1-8-11(3-5-19-8)12(16)15-7-10-6-9(13(17)18)2-4-14-10/h2-6H,7H2,1H3,(H,15,16)(H,17,18). The number of pyridine rings is 1. The van der Waals surface area contributed by atoms with E-state index in [-0.39, 0.29) is 18.0 Å². The molecule has 0 spiro atoms. The topological polar surface area (TPSA) is 92.4 Å². The molecule has 2 aromatic rings. The van der Waals surface area contributed by atoms with Crippen LogP contribution in [0, 0.1) is 6.92 Å². The number of aryl methyl sites for hydroxylation is 1. The normalized spacial score (nSPS) is 10.2. The van der Waals surface area contributed by atoms with E-state index in [0.717, 1.165) is 0 Å². The fraction of sp³-hybridized carbons (Fsp3) is 0.154. The fourth-order valence-corrected chi connectivity index (χ4v) is 1.59. The van der Waals surface area contributed by atoms with E-state index in [9.17, 15) is 9.59 Å². The monoisotopic (exact) mass is 260 g/mol. The van der Waals surface area contributed by atoms with Gasteiger partial charge in [-0.3, -0.25) is 9.78 Å². The van der Waals surface area contributed by atoms with Gasteiger partial charge in [-0.15, -0.1) is 0 Å². The third-order valence-electron chi connectivity index (χ3n) is 2.60. The second-order valence-electron chi connectivity index (χ2n) is 3.91. The van der Waals surface area contributed by atoms with Crippen molar-refractivity contribution < 1.29 is 19.1 Å². The summed E-state index contributed by atoms with van der Waals surface area (Å²) in [6.45, 7) is 1.85. The Morgan fingerprint density at radius 2 is 2.21 bits per heavy atom. The molecule has 0 saturated carbocycles. The molecule has 19 heavy (non-hydrogen) atoms. The second kappa shape index (κ2) is 5.34. The van der Waals surface area contributed by atoms with Crippen molar-refractivity contribution in [3.63, 3.8) is 0 Å². The molecule has 6 nitrogen and oxygen atoms in total. The number of aromatic carboxylic acids is 1. The quantitative estimate of drug-likeness (QED) is 0.871. The number of nitrogens with zero attached hydrogens (tertiary/aromatic N) is 1. The lowest BCUT2D eigenvalue weighted by Gasteiger charge is -2.04. The number of rotatable bonds is 4. The van der Waals surface area contributed by atoms with Crippen LogP contribution in [-0.2, 0) is 6.54 Å². The summed E-state index contributed by atoms with van der Waals surface area (Å²) < 4.78 is 5.03. The minimum absolute atomic E-state index is 0.138. The molecule has 0 fully saturated rings. The maximum absolute atomic E-state index is 11.8. The Kier molecular flexibility index (Phi) is 3.61. The van der Waals surface area contributed by atoms with Gasteiger partial charge in [-0.25, -0.2) is 4.79 Å². The number of aromatic nitrogens is 1. The van der Waals surface area contributed by atoms with Crippen molar-refractivity contribution in [2.75, 3.05) is 0 Å². The van der Waals surface area contributed by atoms with Gasteiger partial charge in [0.15, 0.2) is 0 Å². The molecule has 2 rings (SSSR count). The van der Waals surface area contributed by atoms with E-state index in [1.165, 1.54) is 24.6 Å². The van der Waals surface area contributed by atoms with E-state index in [1.807, 2.05) is 0 Å². The van der Waals surface area contributed by atoms with Crippen molar-refractivity contribution in [3.8, 4) is 0 Å². The molecule has 2 heterocycles. The van der Waals surface area contributed by atoms with Crippen LogP contribution in [0.5, 0.6) is 0 Å². The van der Waals surface area contributed by atoms with Crippen LogP contribution in [0.4, 0.5) is 0 Å². The zero-order chi connectivity index (χ0) is 13.8. The lowest BCUT2D eigenvalue weighted by atomic mass is 10.2. The molecule has 6 heteroatoms. The zero-order valence-corrected chi connectivity index (χ0v) is 10.2. The molecule has 0 aromatic carbocycles. The van der Waals surface area contributed by atoms with E-state index >= 15 is 0 Å². The molecule has 0 aliphatic heterocycles. The van der Waals surface area contributed by atoms with Gasteiger partial charge in [-0.05, 0) is 25.1 Å². The van der Waals surface area contributed by atoms with Crippen molar-refractivity contribution in [1.29, 1.82) is 0 Å².